The molecule has 0 aromatic rings. The molecule has 10 nitrogen and oxygen atoms in total. The predicted octanol–water partition coefficient (Wildman–Crippen LogP) is 7.64. The largest absolute Gasteiger partial charge is 0.394 e. The summed E-state index contributed by atoms with van der Waals surface area (Å²) in [5.74, 6) is -0.639. The normalized spacial score (nSPS) is 22.4. The maximum atomic E-state index is 13.0. The Morgan fingerprint density at radius 3 is 1.65 bits per heavy atom. The van der Waals surface area contributed by atoms with E-state index >= 15 is 0 Å². The van der Waals surface area contributed by atoms with Gasteiger partial charge in [-0.25, -0.2) is 0 Å². The summed E-state index contributed by atoms with van der Waals surface area (Å²) in [5.41, 5.74) is 0. The SMILES string of the molecule is CCC/C=C/CC/C=C/CC/C=C/C(O)C(COC1OC(CO)C(O)C(O)C1O)NC(=O)C(O)CCCCCCCC/C=C\CCCCCCCCCCC. The van der Waals surface area contributed by atoms with Gasteiger partial charge in [0.25, 0.3) is 0 Å². The van der Waals surface area contributed by atoms with Gasteiger partial charge in [-0.15, -0.1) is 0 Å². The molecule has 7 N–H and O–H groups in total. The quantitative estimate of drug-likeness (QED) is 0.0253. The second kappa shape index (κ2) is 35.3. The van der Waals surface area contributed by atoms with Gasteiger partial charge in [-0.2, -0.15) is 0 Å². The van der Waals surface area contributed by atoms with E-state index in [4.69, 9.17) is 9.47 Å². The minimum Gasteiger partial charge on any atom is -0.394 e. The first-order valence-corrected chi connectivity index (χ1v) is 22.0. The molecule has 1 rings (SSSR count). The molecule has 8 atom stereocenters. The van der Waals surface area contributed by atoms with E-state index < -0.39 is 61.5 Å². The zero-order valence-electron chi connectivity index (χ0n) is 34.5. The van der Waals surface area contributed by atoms with Crippen molar-refractivity contribution < 1.29 is 44.9 Å². The number of rotatable bonds is 35. The molecular weight excluding hydrogens is 698 g/mol. The third kappa shape index (κ3) is 25.9. The van der Waals surface area contributed by atoms with Crippen LogP contribution in [0.3, 0.4) is 0 Å². The molecule has 0 bridgehead atoms. The first-order valence-electron chi connectivity index (χ1n) is 22.0. The molecular formula is C45H81NO9. The fourth-order valence-electron chi connectivity index (χ4n) is 6.55. The van der Waals surface area contributed by atoms with Gasteiger partial charge in [0.2, 0.25) is 5.91 Å². The maximum Gasteiger partial charge on any atom is 0.249 e. The number of amides is 1. The summed E-state index contributed by atoms with van der Waals surface area (Å²) in [7, 11) is 0. The van der Waals surface area contributed by atoms with E-state index in [-0.39, 0.29) is 6.61 Å². The van der Waals surface area contributed by atoms with E-state index in [0.717, 1.165) is 57.8 Å². The molecule has 0 saturated carbocycles. The zero-order chi connectivity index (χ0) is 40.4. The van der Waals surface area contributed by atoms with Crippen molar-refractivity contribution in [2.75, 3.05) is 13.2 Å². The third-order valence-corrected chi connectivity index (χ3v) is 10.2. The van der Waals surface area contributed by atoms with Gasteiger partial charge < -0.3 is 45.4 Å². The van der Waals surface area contributed by atoms with Gasteiger partial charge >= 0.3 is 0 Å². The third-order valence-electron chi connectivity index (χ3n) is 10.2. The standard InChI is InChI=1S/C45H81NO9/c1-3-5-7-9-11-13-15-16-17-18-19-20-21-22-24-26-28-30-32-34-39(49)44(53)46-37(36-54-45-43(52)42(51)41(50)40(35-47)55-45)38(48)33-31-29-27-25-23-14-12-10-8-6-4-2/h8,10,19-20,23,25,31,33,37-43,45,47-52H,3-7,9,11-18,21-22,24,26-30,32,34-36H2,1-2H3,(H,46,53)/b10-8+,20-19-,25-23+,33-31+. The highest BCUT2D eigenvalue weighted by Crippen LogP contribution is 2.22. The van der Waals surface area contributed by atoms with Crippen LogP contribution in [0.1, 0.15) is 168 Å². The Balaban J connectivity index is 2.42. The predicted molar refractivity (Wildman–Crippen MR) is 222 cm³/mol. The van der Waals surface area contributed by atoms with Gasteiger partial charge in [-0.3, -0.25) is 4.79 Å². The number of unbranched alkanes of at least 4 members (excludes halogenated alkanes) is 18. The minimum absolute atomic E-state index is 0.292. The van der Waals surface area contributed by atoms with Crippen LogP contribution in [0.15, 0.2) is 48.6 Å². The molecule has 0 aromatic carbocycles. The van der Waals surface area contributed by atoms with Gasteiger partial charge in [-0.1, -0.05) is 152 Å². The molecule has 1 fully saturated rings. The monoisotopic (exact) mass is 780 g/mol. The number of aliphatic hydroxyl groups is 6. The smallest absolute Gasteiger partial charge is 0.249 e. The summed E-state index contributed by atoms with van der Waals surface area (Å²) in [6.07, 6.45) is 33.5. The van der Waals surface area contributed by atoms with Crippen molar-refractivity contribution in [2.45, 2.75) is 217 Å². The highest BCUT2D eigenvalue weighted by atomic mass is 16.7. The number of hydrogen-bond donors (Lipinski definition) is 7. The average molecular weight is 780 g/mol. The molecule has 1 amide bonds. The van der Waals surface area contributed by atoms with Crippen molar-refractivity contribution in [1.82, 2.24) is 5.32 Å². The first-order chi connectivity index (χ1) is 26.8. The van der Waals surface area contributed by atoms with E-state index in [9.17, 15) is 35.4 Å². The molecule has 1 heterocycles. The van der Waals surface area contributed by atoms with Crippen LogP contribution in [-0.4, -0.2) is 98.7 Å². The van der Waals surface area contributed by atoms with E-state index in [0.29, 0.717) is 19.3 Å². The van der Waals surface area contributed by atoms with Gasteiger partial charge in [0.05, 0.1) is 25.4 Å². The summed E-state index contributed by atoms with van der Waals surface area (Å²) >= 11 is 0. The number of hydrogen-bond acceptors (Lipinski definition) is 9. The Morgan fingerprint density at radius 1 is 0.618 bits per heavy atom. The number of aliphatic hydroxyl groups excluding tert-OH is 6. The number of nitrogens with one attached hydrogen (secondary N) is 1. The molecule has 1 saturated heterocycles. The highest BCUT2D eigenvalue weighted by molar-refractivity contribution is 5.80. The van der Waals surface area contributed by atoms with Crippen LogP contribution in [0.2, 0.25) is 0 Å². The van der Waals surface area contributed by atoms with Crippen LogP contribution >= 0.6 is 0 Å². The van der Waals surface area contributed by atoms with Crippen LogP contribution < -0.4 is 5.32 Å². The second-order valence-electron chi connectivity index (χ2n) is 15.3. The Morgan fingerprint density at radius 2 is 1.11 bits per heavy atom. The van der Waals surface area contributed by atoms with E-state index in [1.54, 1.807) is 6.08 Å². The molecule has 1 aliphatic rings. The molecule has 0 radical (unpaired) electrons. The van der Waals surface area contributed by atoms with Gasteiger partial charge in [0.1, 0.15) is 30.5 Å². The molecule has 10 heteroatoms. The lowest BCUT2D eigenvalue weighted by Gasteiger charge is -2.40. The van der Waals surface area contributed by atoms with Crippen LogP contribution in [0.25, 0.3) is 0 Å². The first kappa shape index (κ1) is 51.1. The van der Waals surface area contributed by atoms with Crippen LogP contribution in [0, 0.1) is 0 Å². The van der Waals surface area contributed by atoms with Crippen molar-refractivity contribution in [3.63, 3.8) is 0 Å². The Bertz CT molecular complexity index is 1020. The molecule has 0 aliphatic carbocycles. The fraction of sp³-hybridized carbons (Fsp3) is 0.800. The zero-order valence-corrected chi connectivity index (χ0v) is 34.5. The van der Waals surface area contributed by atoms with Crippen LogP contribution in [0.5, 0.6) is 0 Å². The molecule has 0 spiro atoms. The van der Waals surface area contributed by atoms with Crippen molar-refractivity contribution in [1.29, 1.82) is 0 Å². The number of ether oxygens (including phenoxy) is 2. The lowest BCUT2D eigenvalue weighted by molar-refractivity contribution is -0.302. The van der Waals surface area contributed by atoms with Gasteiger partial charge in [0.15, 0.2) is 6.29 Å². The Kier molecular flexibility index (Phi) is 32.8. The highest BCUT2D eigenvalue weighted by Gasteiger charge is 2.44. The number of allylic oxidation sites excluding steroid dienone is 7. The Labute approximate surface area is 334 Å². The maximum absolute atomic E-state index is 13.0. The van der Waals surface area contributed by atoms with E-state index in [2.05, 4.69) is 55.6 Å². The summed E-state index contributed by atoms with van der Waals surface area (Å²) in [4.78, 5) is 13.0. The fourth-order valence-corrected chi connectivity index (χ4v) is 6.55. The molecule has 320 valence electrons. The van der Waals surface area contributed by atoms with Crippen LogP contribution in [-0.2, 0) is 14.3 Å². The minimum atomic E-state index is -1.62. The summed E-state index contributed by atoms with van der Waals surface area (Å²) in [6, 6.07) is -1.00. The summed E-state index contributed by atoms with van der Waals surface area (Å²) in [6.45, 7) is 3.48. The van der Waals surface area contributed by atoms with Gasteiger partial charge in [-0.05, 0) is 64.2 Å². The lowest BCUT2D eigenvalue weighted by Crippen LogP contribution is -2.60. The second-order valence-corrected chi connectivity index (χ2v) is 15.3. The lowest BCUT2D eigenvalue weighted by atomic mass is 9.99. The molecule has 1 aliphatic heterocycles. The Hall–Kier alpha value is -1.89. The van der Waals surface area contributed by atoms with Crippen molar-refractivity contribution in [3.05, 3.63) is 48.6 Å². The molecule has 0 aromatic heterocycles. The topological polar surface area (TPSA) is 169 Å². The average Bonchev–Trinajstić information content (AvgIpc) is 3.18. The van der Waals surface area contributed by atoms with Crippen molar-refractivity contribution >= 4 is 5.91 Å². The van der Waals surface area contributed by atoms with Crippen LogP contribution in [0.4, 0.5) is 0 Å². The number of carbonyl (C=O) groups excluding carboxylic acids is 1. The molecule has 8 unspecified atom stereocenters. The molecule has 55 heavy (non-hydrogen) atoms. The van der Waals surface area contributed by atoms with E-state index in [1.165, 1.54) is 77.0 Å². The van der Waals surface area contributed by atoms with Crippen molar-refractivity contribution in [3.8, 4) is 0 Å². The van der Waals surface area contributed by atoms with E-state index in [1.807, 2.05) is 6.08 Å². The van der Waals surface area contributed by atoms with Gasteiger partial charge in [0, 0.05) is 0 Å². The number of carbonyl (C=O) groups is 1. The van der Waals surface area contributed by atoms with Crippen molar-refractivity contribution in [2.24, 2.45) is 0 Å². The summed E-state index contributed by atoms with van der Waals surface area (Å²) in [5, 5.41) is 64.4. The summed E-state index contributed by atoms with van der Waals surface area (Å²) < 4.78 is 11.1.